The zero-order chi connectivity index (χ0) is 9.80. The van der Waals surface area contributed by atoms with Crippen LogP contribution >= 0.6 is 0 Å². The van der Waals surface area contributed by atoms with Crippen molar-refractivity contribution >= 4 is 0 Å². The fraction of sp³-hybridized carbons (Fsp3) is 0.636. The van der Waals surface area contributed by atoms with Crippen LogP contribution in [0.2, 0.25) is 0 Å². The highest BCUT2D eigenvalue weighted by Crippen LogP contribution is 2.27. The zero-order valence-corrected chi connectivity index (χ0v) is 8.32. The summed E-state index contributed by atoms with van der Waals surface area (Å²) in [6.45, 7) is 0.952. The molecular weight excluding hydrogens is 174 g/mol. The van der Waals surface area contributed by atoms with E-state index in [2.05, 4.69) is 11.1 Å². The van der Waals surface area contributed by atoms with E-state index in [-0.39, 0.29) is 0 Å². The van der Waals surface area contributed by atoms with Crippen molar-refractivity contribution in [2.75, 3.05) is 0 Å². The molecule has 0 aliphatic heterocycles. The molecule has 0 unspecified atom stereocenters. The van der Waals surface area contributed by atoms with Crippen molar-refractivity contribution in [3.05, 3.63) is 18.2 Å². The normalized spacial score (nSPS) is 17.1. The first kappa shape index (κ1) is 9.26. The summed E-state index contributed by atoms with van der Waals surface area (Å²) >= 11 is 0. The lowest BCUT2D eigenvalue weighted by atomic mass is 10.0. The van der Waals surface area contributed by atoms with Gasteiger partial charge in [-0.1, -0.05) is 25.7 Å². The summed E-state index contributed by atoms with van der Waals surface area (Å²) in [5, 5.41) is 8.77. The molecule has 3 heteroatoms. The second-order valence-corrected chi connectivity index (χ2v) is 4.00. The van der Waals surface area contributed by atoms with Gasteiger partial charge in [-0.15, -0.1) is 0 Å². The summed E-state index contributed by atoms with van der Waals surface area (Å²) in [6.07, 6.45) is 10.3. The van der Waals surface area contributed by atoms with E-state index in [0.29, 0.717) is 5.82 Å². The van der Waals surface area contributed by atoms with Gasteiger partial charge in [0.15, 0.2) is 0 Å². The molecule has 1 aliphatic carbocycles. The Labute approximate surface area is 84.4 Å². The maximum absolute atomic E-state index is 8.77. The molecule has 0 atom stereocenters. The van der Waals surface area contributed by atoms with Crippen LogP contribution in [0.1, 0.15) is 37.9 Å². The standard InChI is InChI=1S/C11H15N3/c12-9-11-13-6-8-14(11)7-5-10-3-1-2-4-10/h6,8,10H,1-5,7H2. The van der Waals surface area contributed by atoms with E-state index in [1.165, 1.54) is 32.1 Å². The highest BCUT2D eigenvalue weighted by Gasteiger charge is 2.14. The van der Waals surface area contributed by atoms with Gasteiger partial charge in [0.25, 0.3) is 0 Å². The van der Waals surface area contributed by atoms with Crippen molar-refractivity contribution < 1.29 is 0 Å². The Kier molecular flexibility index (Phi) is 2.83. The van der Waals surface area contributed by atoms with Crippen molar-refractivity contribution in [2.24, 2.45) is 5.92 Å². The minimum absolute atomic E-state index is 0.544. The minimum atomic E-state index is 0.544. The third-order valence-electron chi connectivity index (χ3n) is 3.07. The summed E-state index contributed by atoms with van der Waals surface area (Å²) in [4.78, 5) is 3.98. The van der Waals surface area contributed by atoms with Gasteiger partial charge in [0.1, 0.15) is 6.07 Å². The third kappa shape index (κ3) is 1.95. The van der Waals surface area contributed by atoms with Gasteiger partial charge in [0, 0.05) is 18.9 Å². The maximum atomic E-state index is 8.77. The number of nitrogens with zero attached hydrogens (tertiary/aromatic N) is 3. The zero-order valence-electron chi connectivity index (χ0n) is 8.32. The number of rotatable bonds is 3. The van der Waals surface area contributed by atoms with E-state index in [9.17, 15) is 0 Å². The topological polar surface area (TPSA) is 41.6 Å². The SMILES string of the molecule is N#Cc1nccn1CCC1CCCC1. The van der Waals surface area contributed by atoms with Crippen LogP contribution in [-0.2, 0) is 6.54 Å². The third-order valence-corrected chi connectivity index (χ3v) is 3.07. The summed E-state index contributed by atoms with van der Waals surface area (Å²) in [6, 6.07) is 2.10. The first-order chi connectivity index (χ1) is 6.90. The van der Waals surface area contributed by atoms with Gasteiger partial charge in [-0.25, -0.2) is 4.98 Å². The van der Waals surface area contributed by atoms with E-state index >= 15 is 0 Å². The number of hydrogen-bond acceptors (Lipinski definition) is 2. The molecule has 0 spiro atoms. The summed E-state index contributed by atoms with van der Waals surface area (Å²) in [7, 11) is 0. The van der Waals surface area contributed by atoms with Gasteiger partial charge in [-0.05, 0) is 12.3 Å². The van der Waals surface area contributed by atoms with Crippen LogP contribution in [0.25, 0.3) is 0 Å². The van der Waals surface area contributed by atoms with Crippen LogP contribution in [0, 0.1) is 17.2 Å². The molecule has 1 aromatic heterocycles. The lowest BCUT2D eigenvalue weighted by molar-refractivity contribution is 0.456. The van der Waals surface area contributed by atoms with Gasteiger partial charge in [-0.3, -0.25) is 0 Å². The molecule has 74 valence electrons. The Morgan fingerprint density at radius 3 is 3.00 bits per heavy atom. The number of aromatic nitrogens is 2. The molecule has 0 radical (unpaired) electrons. The van der Waals surface area contributed by atoms with Gasteiger partial charge in [-0.2, -0.15) is 5.26 Å². The van der Waals surface area contributed by atoms with Crippen LogP contribution < -0.4 is 0 Å². The molecule has 0 bridgehead atoms. The fourth-order valence-corrected chi connectivity index (χ4v) is 2.22. The number of nitriles is 1. The predicted octanol–water partition coefficient (Wildman–Crippen LogP) is 2.34. The number of imidazole rings is 1. The molecule has 0 aromatic carbocycles. The Hall–Kier alpha value is -1.30. The number of hydrogen-bond donors (Lipinski definition) is 0. The summed E-state index contributed by atoms with van der Waals surface area (Å²) in [5.74, 6) is 1.42. The molecule has 0 N–H and O–H groups in total. The van der Waals surface area contributed by atoms with Crippen molar-refractivity contribution in [3.8, 4) is 6.07 Å². The average molecular weight is 189 g/mol. The summed E-state index contributed by atoms with van der Waals surface area (Å²) < 4.78 is 1.96. The van der Waals surface area contributed by atoms with Gasteiger partial charge in [0.2, 0.25) is 5.82 Å². The first-order valence-electron chi connectivity index (χ1n) is 5.31. The van der Waals surface area contributed by atoms with Crippen molar-refractivity contribution in [1.29, 1.82) is 5.26 Å². The molecule has 3 nitrogen and oxygen atoms in total. The molecule has 0 amide bonds. The molecular formula is C11H15N3. The van der Waals surface area contributed by atoms with Crippen LogP contribution in [0.5, 0.6) is 0 Å². The second-order valence-electron chi connectivity index (χ2n) is 4.00. The summed E-state index contributed by atoms with van der Waals surface area (Å²) in [5.41, 5.74) is 0. The van der Waals surface area contributed by atoms with Crippen LogP contribution in [0.3, 0.4) is 0 Å². The molecule has 1 aliphatic rings. The van der Waals surface area contributed by atoms with Crippen molar-refractivity contribution in [2.45, 2.75) is 38.6 Å². The van der Waals surface area contributed by atoms with Crippen LogP contribution in [0.15, 0.2) is 12.4 Å². The van der Waals surface area contributed by atoms with Crippen molar-refractivity contribution in [1.82, 2.24) is 9.55 Å². The Balaban J connectivity index is 1.88. The molecule has 1 heterocycles. The molecule has 1 fully saturated rings. The first-order valence-corrected chi connectivity index (χ1v) is 5.31. The van der Waals surface area contributed by atoms with Gasteiger partial charge >= 0.3 is 0 Å². The minimum Gasteiger partial charge on any atom is -0.323 e. The van der Waals surface area contributed by atoms with E-state index < -0.39 is 0 Å². The molecule has 1 saturated carbocycles. The quantitative estimate of drug-likeness (QED) is 0.732. The molecule has 14 heavy (non-hydrogen) atoms. The van der Waals surface area contributed by atoms with E-state index in [4.69, 9.17) is 5.26 Å². The molecule has 2 rings (SSSR count). The lowest BCUT2D eigenvalue weighted by Gasteiger charge is -2.09. The van der Waals surface area contributed by atoms with E-state index in [1.807, 2.05) is 10.8 Å². The van der Waals surface area contributed by atoms with E-state index in [1.54, 1.807) is 6.20 Å². The monoisotopic (exact) mass is 189 g/mol. The Morgan fingerprint density at radius 2 is 2.29 bits per heavy atom. The fourth-order valence-electron chi connectivity index (χ4n) is 2.22. The number of aryl methyl sites for hydroxylation is 1. The highest BCUT2D eigenvalue weighted by atomic mass is 15.1. The van der Waals surface area contributed by atoms with Gasteiger partial charge < -0.3 is 4.57 Å². The Morgan fingerprint density at radius 1 is 1.50 bits per heavy atom. The second kappa shape index (κ2) is 4.28. The maximum Gasteiger partial charge on any atom is 0.212 e. The lowest BCUT2D eigenvalue weighted by Crippen LogP contribution is -2.04. The molecule has 0 saturated heterocycles. The van der Waals surface area contributed by atoms with Crippen molar-refractivity contribution in [3.63, 3.8) is 0 Å². The van der Waals surface area contributed by atoms with Crippen LogP contribution in [-0.4, -0.2) is 9.55 Å². The Bertz CT molecular complexity index is 329. The van der Waals surface area contributed by atoms with Crippen LogP contribution in [0.4, 0.5) is 0 Å². The molecule has 1 aromatic rings. The predicted molar refractivity (Wildman–Crippen MR) is 53.5 cm³/mol. The van der Waals surface area contributed by atoms with E-state index in [0.717, 1.165) is 12.5 Å². The highest BCUT2D eigenvalue weighted by molar-refractivity contribution is 5.10. The average Bonchev–Trinajstić information content (AvgIpc) is 2.85. The largest absolute Gasteiger partial charge is 0.323 e. The smallest absolute Gasteiger partial charge is 0.212 e. The van der Waals surface area contributed by atoms with Gasteiger partial charge in [0.05, 0.1) is 0 Å².